The first kappa shape index (κ1) is 16.3. The molecule has 0 atom stereocenters. The van der Waals surface area contributed by atoms with E-state index in [-0.39, 0.29) is 11.7 Å². The standard InChI is InChI=1S/C14H13BrClN3OS/c1-8-5-9(2)18-14(17-8)21-7-13(20)19-12-4-3-10(15)6-11(12)16/h3-6H,7H2,1-2H3,(H,19,20). The summed E-state index contributed by atoms with van der Waals surface area (Å²) in [4.78, 5) is 20.5. The van der Waals surface area contributed by atoms with Crippen LogP contribution >= 0.6 is 39.3 Å². The fourth-order valence-electron chi connectivity index (χ4n) is 1.67. The highest BCUT2D eigenvalue weighted by molar-refractivity contribution is 9.10. The first-order chi connectivity index (χ1) is 9.94. The minimum Gasteiger partial charge on any atom is -0.324 e. The van der Waals surface area contributed by atoms with Crippen molar-refractivity contribution in [2.45, 2.75) is 19.0 Å². The first-order valence-corrected chi connectivity index (χ1v) is 8.29. The van der Waals surface area contributed by atoms with Crippen LogP contribution in [0.15, 0.2) is 33.9 Å². The number of hydrogen-bond donors (Lipinski definition) is 1. The Morgan fingerprint density at radius 3 is 2.57 bits per heavy atom. The van der Waals surface area contributed by atoms with Gasteiger partial charge >= 0.3 is 0 Å². The van der Waals surface area contributed by atoms with Crippen molar-refractivity contribution in [3.63, 3.8) is 0 Å². The molecule has 2 rings (SSSR count). The lowest BCUT2D eigenvalue weighted by atomic mass is 10.3. The van der Waals surface area contributed by atoms with E-state index in [1.54, 1.807) is 12.1 Å². The van der Waals surface area contributed by atoms with Crippen molar-refractivity contribution < 1.29 is 4.79 Å². The molecule has 2 aromatic rings. The van der Waals surface area contributed by atoms with Gasteiger partial charge in [-0.2, -0.15) is 0 Å². The van der Waals surface area contributed by atoms with Crippen LogP contribution < -0.4 is 5.32 Å². The van der Waals surface area contributed by atoms with Crippen molar-refractivity contribution in [2.24, 2.45) is 0 Å². The third-order valence-electron chi connectivity index (χ3n) is 2.50. The lowest BCUT2D eigenvalue weighted by Crippen LogP contribution is -2.14. The maximum atomic E-state index is 11.9. The molecule has 0 aliphatic carbocycles. The molecule has 1 heterocycles. The Bertz CT molecular complexity index is 661. The molecule has 1 N–H and O–H groups in total. The Morgan fingerprint density at radius 1 is 1.29 bits per heavy atom. The van der Waals surface area contributed by atoms with Crippen LogP contribution in [-0.2, 0) is 4.79 Å². The second kappa shape index (κ2) is 7.24. The summed E-state index contributed by atoms with van der Waals surface area (Å²) in [6, 6.07) is 7.20. The van der Waals surface area contributed by atoms with Gasteiger partial charge in [0.2, 0.25) is 5.91 Å². The van der Waals surface area contributed by atoms with Crippen LogP contribution in [0.1, 0.15) is 11.4 Å². The van der Waals surface area contributed by atoms with Crippen LogP contribution in [0.25, 0.3) is 0 Å². The van der Waals surface area contributed by atoms with Crippen LogP contribution in [0.2, 0.25) is 5.02 Å². The van der Waals surface area contributed by atoms with Gasteiger partial charge in [-0.25, -0.2) is 9.97 Å². The average molecular weight is 387 g/mol. The summed E-state index contributed by atoms with van der Waals surface area (Å²) in [7, 11) is 0. The van der Waals surface area contributed by atoms with Crippen LogP contribution in [0.5, 0.6) is 0 Å². The zero-order valence-corrected chi connectivity index (χ0v) is 14.6. The van der Waals surface area contributed by atoms with Gasteiger partial charge in [-0.15, -0.1) is 0 Å². The Labute approximate surface area is 140 Å². The smallest absolute Gasteiger partial charge is 0.234 e. The van der Waals surface area contributed by atoms with E-state index < -0.39 is 0 Å². The summed E-state index contributed by atoms with van der Waals surface area (Å²) < 4.78 is 0.864. The zero-order valence-electron chi connectivity index (χ0n) is 11.5. The third-order valence-corrected chi connectivity index (χ3v) is 4.15. The molecule has 110 valence electrons. The van der Waals surface area contributed by atoms with E-state index in [1.165, 1.54) is 11.8 Å². The fraction of sp³-hybridized carbons (Fsp3) is 0.214. The topological polar surface area (TPSA) is 54.9 Å². The molecule has 1 aromatic heterocycles. The monoisotopic (exact) mass is 385 g/mol. The van der Waals surface area contributed by atoms with E-state index in [9.17, 15) is 4.79 Å². The Balaban J connectivity index is 1.95. The van der Waals surface area contributed by atoms with Gasteiger partial charge in [-0.05, 0) is 38.1 Å². The first-order valence-electron chi connectivity index (χ1n) is 6.14. The van der Waals surface area contributed by atoms with Crippen LogP contribution in [-0.4, -0.2) is 21.6 Å². The van der Waals surface area contributed by atoms with Gasteiger partial charge in [0, 0.05) is 15.9 Å². The van der Waals surface area contributed by atoms with Crippen molar-refractivity contribution in [2.75, 3.05) is 11.1 Å². The lowest BCUT2D eigenvalue weighted by molar-refractivity contribution is -0.113. The molecule has 0 radical (unpaired) electrons. The Kier molecular flexibility index (Phi) is 5.61. The quantitative estimate of drug-likeness (QED) is 0.631. The van der Waals surface area contributed by atoms with Crippen molar-refractivity contribution in [3.8, 4) is 0 Å². The number of aryl methyl sites for hydroxylation is 2. The third kappa shape index (κ3) is 4.98. The number of hydrogen-bond acceptors (Lipinski definition) is 4. The normalized spacial score (nSPS) is 10.5. The van der Waals surface area contributed by atoms with Gasteiger partial charge in [0.25, 0.3) is 0 Å². The average Bonchev–Trinajstić information content (AvgIpc) is 2.39. The molecule has 1 amide bonds. The highest BCUT2D eigenvalue weighted by atomic mass is 79.9. The van der Waals surface area contributed by atoms with E-state index in [0.29, 0.717) is 15.9 Å². The highest BCUT2D eigenvalue weighted by Crippen LogP contribution is 2.26. The summed E-state index contributed by atoms with van der Waals surface area (Å²) in [6.07, 6.45) is 0. The number of nitrogens with one attached hydrogen (secondary N) is 1. The largest absolute Gasteiger partial charge is 0.324 e. The second-order valence-corrected chi connectivity index (χ2v) is 6.66. The fourth-order valence-corrected chi connectivity index (χ4v) is 3.14. The molecule has 0 aliphatic rings. The summed E-state index contributed by atoms with van der Waals surface area (Å²) >= 11 is 10.7. The number of halogens is 2. The minimum absolute atomic E-state index is 0.146. The summed E-state index contributed by atoms with van der Waals surface area (Å²) in [6.45, 7) is 3.81. The molecule has 21 heavy (non-hydrogen) atoms. The van der Waals surface area contributed by atoms with Gasteiger partial charge in [0.05, 0.1) is 16.5 Å². The molecular weight excluding hydrogens is 374 g/mol. The molecule has 0 fully saturated rings. The predicted octanol–water partition coefficient (Wildman–Crippen LogP) is 4.24. The van der Waals surface area contributed by atoms with E-state index in [0.717, 1.165) is 15.9 Å². The number of nitrogens with zero attached hydrogens (tertiary/aromatic N) is 2. The zero-order chi connectivity index (χ0) is 15.4. The molecule has 0 saturated carbocycles. The van der Waals surface area contributed by atoms with Crippen LogP contribution in [0.4, 0.5) is 5.69 Å². The summed E-state index contributed by atoms with van der Waals surface area (Å²) in [5.74, 6) is 0.0851. The number of carbonyl (C=O) groups excluding carboxylic acids is 1. The van der Waals surface area contributed by atoms with Gasteiger partial charge in [-0.1, -0.05) is 39.3 Å². The maximum absolute atomic E-state index is 11.9. The van der Waals surface area contributed by atoms with Crippen LogP contribution in [0, 0.1) is 13.8 Å². The summed E-state index contributed by atoms with van der Waals surface area (Å²) in [5, 5.41) is 3.86. The van der Waals surface area contributed by atoms with Gasteiger partial charge in [-0.3, -0.25) is 4.79 Å². The van der Waals surface area contributed by atoms with Gasteiger partial charge in [0.1, 0.15) is 0 Å². The number of benzene rings is 1. The molecular formula is C14H13BrClN3OS. The van der Waals surface area contributed by atoms with Gasteiger partial charge in [0.15, 0.2) is 5.16 Å². The molecule has 0 saturated heterocycles. The minimum atomic E-state index is -0.146. The Hall–Kier alpha value is -1.11. The Morgan fingerprint density at radius 2 is 1.95 bits per heavy atom. The van der Waals surface area contributed by atoms with Gasteiger partial charge < -0.3 is 5.32 Å². The van der Waals surface area contributed by atoms with Crippen molar-refractivity contribution in [1.82, 2.24) is 9.97 Å². The lowest BCUT2D eigenvalue weighted by Gasteiger charge is -2.07. The number of rotatable bonds is 4. The molecule has 1 aromatic carbocycles. The van der Waals surface area contributed by atoms with Crippen molar-refractivity contribution in [1.29, 1.82) is 0 Å². The number of thioether (sulfide) groups is 1. The van der Waals surface area contributed by atoms with E-state index in [2.05, 4.69) is 31.2 Å². The number of aromatic nitrogens is 2. The maximum Gasteiger partial charge on any atom is 0.234 e. The number of anilines is 1. The molecule has 7 heteroatoms. The predicted molar refractivity (Wildman–Crippen MR) is 90.0 cm³/mol. The van der Waals surface area contributed by atoms with Crippen molar-refractivity contribution >= 4 is 50.9 Å². The molecule has 0 aliphatic heterocycles. The number of amides is 1. The number of carbonyl (C=O) groups is 1. The van der Waals surface area contributed by atoms with E-state index in [4.69, 9.17) is 11.6 Å². The molecule has 0 bridgehead atoms. The summed E-state index contributed by atoms with van der Waals surface area (Å²) in [5.41, 5.74) is 2.37. The second-order valence-electron chi connectivity index (χ2n) is 4.39. The molecule has 0 unspecified atom stereocenters. The SMILES string of the molecule is Cc1cc(C)nc(SCC(=O)Nc2ccc(Br)cc2Cl)n1. The van der Waals surface area contributed by atoms with E-state index in [1.807, 2.05) is 26.0 Å². The molecule has 0 spiro atoms. The molecule has 4 nitrogen and oxygen atoms in total. The van der Waals surface area contributed by atoms with Crippen LogP contribution in [0.3, 0.4) is 0 Å². The van der Waals surface area contributed by atoms with Crippen molar-refractivity contribution in [3.05, 3.63) is 45.1 Å². The highest BCUT2D eigenvalue weighted by Gasteiger charge is 2.08. The van der Waals surface area contributed by atoms with E-state index >= 15 is 0 Å².